The Morgan fingerprint density at radius 2 is 2.16 bits per heavy atom. The first-order valence-electron chi connectivity index (χ1n) is 6.69. The normalized spacial score (nSPS) is 12.2. The second-order valence-electron chi connectivity index (χ2n) is 4.61. The topological polar surface area (TPSA) is 28.2 Å². The van der Waals surface area contributed by atoms with Gasteiger partial charge in [0.15, 0.2) is 0 Å². The summed E-state index contributed by atoms with van der Waals surface area (Å²) in [7, 11) is 2.09. The van der Waals surface area contributed by atoms with E-state index in [-0.39, 0.29) is 0 Å². The highest BCUT2D eigenvalue weighted by molar-refractivity contribution is 7.10. The number of pyridine rings is 1. The van der Waals surface area contributed by atoms with Crippen LogP contribution in [0.4, 0.5) is 11.6 Å². The summed E-state index contributed by atoms with van der Waals surface area (Å²) < 4.78 is 0. The highest BCUT2D eigenvalue weighted by Gasteiger charge is 2.14. The van der Waals surface area contributed by atoms with E-state index in [1.54, 1.807) is 11.3 Å². The first-order chi connectivity index (χ1) is 9.22. The third kappa shape index (κ3) is 3.47. The van der Waals surface area contributed by atoms with Crippen LogP contribution in [-0.4, -0.2) is 18.6 Å². The Bertz CT molecular complexity index is 496. The zero-order valence-corrected chi connectivity index (χ0v) is 12.6. The van der Waals surface area contributed by atoms with Gasteiger partial charge < -0.3 is 10.2 Å². The molecular weight excluding hydrogens is 254 g/mol. The number of aromatic nitrogens is 1. The maximum absolute atomic E-state index is 4.66. The summed E-state index contributed by atoms with van der Waals surface area (Å²) in [5, 5.41) is 5.45. The summed E-state index contributed by atoms with van der Waals surface area (Å²) in [4.78, 5) is 8.23. The third-order valence-electron chi connectivity index (χ3n) is 3.19. The molecule has 0 saturated carbocycles. The minimum Gasteiger partial charge on any atom is -0.370 e. The van der Waals surface area contributed by atoms with Gasteiger partial charge in [0.1, 0.15) is 11.6 Å². The number of rotatable bonds is 6. The van der Waals surface area contributed by atoms with E-state index in [0.717, 1.165) is 24.6 Å². The molecule has 1 N–H and O–H groups in total. The molecule has 102 valence electrons. The minimum absolute atomic E-state index is 0.342. The molecule has 3 nitrogen and oxygen atoms in total. The van der Waals surface area contributed by atoms with Gasteiger partial charge in [-0.3, -0.25) is 0 Å². The van der Waals surface area contributed by atoms with Gasteiger partial charge in [0.25, 0.3) is 0 Å². The molecule has 0 aromatic carbocycles. The van der Waals surface area contributed by atoms with Crippen LogP contribution >= 0.6 is 11.3 Å². The van der Waals surface area contributed by atoms with Crippen LogP contribution < -0.4 is 10.2 Å². The Balaban J connectivity index is 2.12. The molecule has 2 heterocycles. The largest absolute Gasteiger partial charge is 0.370 e. The van der Waals surface area contributed by atoms with Crippen LogP contribution in [0.3, 0.4) is 0 Å². The molecule has 0 radical (unpaired) electrons. The van der Waals surface area contributed by atoms with Crippen molar-refractivity contribution >= 4 is 23.0 Å². The number of anilines is 2. The first kappa shape index (κ1) is 13.9. The average molecular weight is 275 g/mol. The van der Waals surface area contributed by atoms with Gasteiger partial charge in [-0.15, -0.1) is 11.3 Å². The number of hydrogen-bond acceptors (Lipinski definition) is 4. The molecule has 4 heteroatoms. The Morgan fingerprint density at radius 3 is 2.84 bits per heavy atom. The maximum Gasteiger partial charge on any atom is 0.131 e. The summed E-state index contributed by atoms with van der Waals surface area (Å²) in [5.74, 6) is 1.95. The summed E-state index contributed by atoms with van der Waals surface area (Å²) in [6.45, 7) is 5.32. The molecule has 0 fully saturated rings. The van der Waals surface area contributed by atoms with Crippen LogP contribution in [0, 0.1) is 0 Å². The molecule has 0 aliphatic carbocycles. The molecule has 0 spiro atoms. The quantitative estimate of drug-likeness (QED) is 0.858. The Kier molecular flexibility index (Phi) is 4.80. The molecule has 2 rings (SSSR count). The highest BCUT2D eigenvalue weighted by atomic mass is 32.1. The first-order valence-corrected chi connectivity index (χ1v) is 7.57. The maximum atomic E-state index is 4.66. The van der Waals surface area contributed by atoms with Crippen LogP contribution in [0.5, 0.6) is 0 Å². The van der Waals surface area contributed by atoms with E-state index < -0.39 is 0 Å². The predicted octanol–water partition coefficient (Wildman–Crippen LogP) is 4.16. The van der Waals surface area contributed by atoms with Crippen LogP contribution in [0.2, 0.25) is 0 Å². The molecular formula is C15H21N3S. The van der Waals surface area contributed by atoms with Crippen LogP contribution in [-0.2, 0) is 0 Å². The standard InChI is InChI=1S/C15H21N3S/c1-4-10-16-14-8-5-9-15(17-14)18(3)12(2)13-7-6-11-19-13/h5-9,11-12H,4,10H2,1-3H3,(H,16,17). The van der Waals surface area contributed by atoms with Crippen LogP contribution in [0.25, 0.3) is 0 Å². The van der Waals surface area contributed by atoms with Crippen molar-refractivity contribution in [1.82, 2.24) is 4.98 Å². The molecule has 0 aliphatic rings. The summed E-state index contributed by atoms with van der Waals surface area (Å²) in [5.41, 5.74) is 0. The van der Waals surface area contributed by atoms with Crippen molar-refractivity contribution in [1.29, 1.82) is 0 Å². The second-order valence-corrected chi connectivity index (χ2v) is 5.59. The molecule has 1 unspecified atom stereocenters. The van der Waals surface area contributed by atoms with Gasteiger partial charge in [0, 0.05) is 18.5 Å². The van der Waals surface area contributed by atoms with Crippen molar-refractivity contribution in [3.8, 4) is 0 Å². The minimum atomic E-state index is 0.342. The third-order valence-corrected chi connectivity index (χ3v) is 4.23. The SMILES string of the molecule is CCCNc1cccc(N(C)C(C)c2cccs2)n1. The fourth-order valence-electron chi connectivity index (χ4n) is 1.89. The zero-order valence-electron chi connectivity index (χ0n) is 11.8. The van der Waals surface area contributed by atoms with Gasteiger partial charge in [-0.25, -0.2) is 4.98 Å². The van der Waals surface area contributed by atoms with E-state index in [0.29, 0.717) is 6.04 Å². The predicted molar refractivity (Wildman–Crippen MR) is 84.2 cm³/mol. The number of hydrogen-bond donors (Lipinski definition) is 1. The van der Waals surface area contributed by atoms with E-state index >= 15 is 0 Å². The van der Waals surface area contributed by atoms with Gasteiger partial charge in [-0.2, -0.15) is 0 Å². The van der Waals surface area contributed by atoms with Crippen molar-refractivity contribution in [2.45, 2.75) is 26.3 Å². The van der Waals surface area contributed by atoms with Crippen molar-refractivity contribution in [3.63, 3.8) is 0 Å². The summed E-state index contributed by atoms with van der Waals surface area (Å²) in [6, 6.07) is 10.7. The van der Waals surface area contributed by atoms with Crippen molar-refractivity contribution in [2.24, 2.45) is 0 Å². The van der Waals surface area contributed by atoms with Crippen molar-refractivity contribution < 1.29 is 0 Å². The molecule has 0 aliphatic heterocycles. The van der Waals surface area contributed by atoms with Gasteiger partial charge >= 0.3 is 0 Å². The monoisotopic (exact) mass is 275 g/mol. The van der Waals surface area contributed by atoms with Gasteiger partial charge in [0.2, 0.25) is 0 Å². The van der Waals surface area contributed by atoms with Gasteiger partial charge in [-0.05, 0) is 36.9 Å². The molecule has 0 saturated heterocycles. The average Bonchev–Trinajstić information content (AvgIpc) is 2.98. The van der Waals surface area contributed by atoms with E-state index in [4.69, 9.17) is 0 Å². The lowest BCUT2D eigenvalue weighted by molar-refractivity contribution is 0.742. The lowest BCUT2D eigenvalue weighted by Gasteiger charge is -2.25. The van der Waals surface area contributed by atoms with Crippen molar-refractivity contribution in [3.05, 3.63) is 40.6 Å². The van der Waals surface area contributed by atoms with Crippen molar-refractivity contribution in [2.75, 3.05) is 23.8 Å². The molecule has 1 atom stereocenters. The molecule has 2 aromatic rings. The molecule has 0 bridgehead atoms. The molecule has 19 heavy (non-hydrogen) atoms. The van der Waals surface area contributed by atoms with E-state index in [9.17, 15) is 0 Å². The van der Waals surface area contributed by atoms with Gasteiger partial charge in [0.05, 0.1) is 6.04 Å². The van der Waals surface area contributed by atoms with E-state index in [1.165, 1.54) is 4.88 Å². The smallest absolute Gasteiger partial charge is 0.131 e. The zero-order chi connectivity index (χ0) is 13.7. The fourth-order valence-corrected chi connectivity index (χ4v) is 2.72. The molecule has 0 amide bonds. The van der Waals surface area contributed by atoms with Crippen LogP contribution in [0.15, 0.2) is 35.7 Å². The highest BCUT2D eigenvalue weighted by Crippen LogP contribution is 2.27. The van der Waals surface area contributed by atoms with Gasteiger partial charge in [-0.1, -0.05) is 19.1 Å². The Hall–Kier alpha value is -1.55. The summed E-state index contributed by atoms with van der Waals surface area (Å²) >= 11 is 1.79. The fraction of sp³-hybridized carbons (Fsp3) is 0.400. The Morgan fingerprint density at radius 1 is 1.32 bits per heavy atom. The summed E-state index contributed by atoms with van der Waals surface area (Å²) in [6.07, 6.45) is 1.10. The number of thiophene rings is 1. The van der Waals surface area contributed by atoms with E-state index in [1.807, 2.05) is 6.07 Å². The van der Waals surface area contributed by atoms with E-state index in [2.05, 4.69) is 65.7 Å². The number of nitrogens with zero attached hydrogens (tertiary/aromatic N) is 2. The van der Waals surface area contributed by atoms with Crippen LogP contribution in [0.1, 0.15) is 31.2 Å². The number of nitrogens with one attached hydrogen (secondary N) is 1. The Labute approximate surface area is 119 Å². The molecule has 2 aromatic heterocycles. The lowest BCUT2D eigenvalue weighted by atomic mass is 10.2. The lowest BCUT2D eigenvalue weighted by Crippen LogP contribution is -2.22. The second kappa shape index (κ2) is 6.57.